The number of carbonyl (C=O) groups excluding carboxylic acids is 2. The van der Waals surface area contributed by atoms with Crippen LogP contribution in [0.15, 0.2) is 54.6 Å². The fourth-order valence-corrected chi connectivity index (χ4v) is 2.89. The van der Waals surface area contributed by atoms with Gasteiger partial charge in [-0.1, -0.05) is 42.5 Å². The molecule has 2 atom stereocenters. The molecule has 3 N–H and O–H groups in total. The van der Waals surface area contributed by atoms with E-state index >= 15 is 0 Å². The van der Waals surface area contributed by atoms with Crippen LogP contribution in [-0.2, 0) is 20.9 Å². The number of anilines is 1. The van der Waals surface area contributed by atoms with Gasteiger partial charge in [-0.15, -0.1) is 0 Å². The lowest BCUT2D eigenvalue weighted by Gasteiger charge is -2.26. The highest BCUT2D eigenvalue weighted by molar-refractivity contribution is 5.82. The van der Waals surface area contributed by atoms with Crippen LogP contribution in [0.1, 0.15) is 31.0 Å². The number of nitrogens with zero attached hydrogens (tertiary/aromatic N) is 1. The van der Waals surface area contributed by atoms with E-state index in [2.05, 4.69) is 10.6 Å². The molecule has 172 valence electrons. The summed E-state index contributed by atoms with van der Waals surface area (Å²) in [7, 11) is 3.74. The van der Waals surface area contributed by atoms with Crippen LogP contribution in [0.25, 0.3) is 0 Å². The molecular weight excluding hydrogens is 414 g/mol. The second kappa shape index (κ2) is 11.6. The maximum absolute atomic E-state index is 12.3. The van der Waals surface area contributed by atoms with Crippen molar-refractivity contribution in [2.45, 2.75) is 38.6 Å². The standard InChI is InChI=1S/C23H29N3O6/c1-15(2)32-23(30)24-19(17-10-12-18(13-11-17)26(3)4)20(21(27)28)25-22(29)31-14-16-8-6-5-7-9-16/h5-13,15,19-20H,14H2,1-4H3,(H,24,30)(H,25,29)(H,27,28). The fourth-order valence-electron chi connectivity index (χ4n) is 2.89. The summed E-state index contributed by atoms with van der Waals surface area (Å²) < 4.78 is 10.3. The third-order valence-electron chi connectivity index (χ3n) is 4.47. The SMILES string of the molecule is CC(C)OC(=O)NC(c1ccc(N(C)C)cc1)C(NC(=O)OCc1ccccc1)C(=O)O. The molecule has 9 heteroatoms. The summed E-state index contributed by atoms with van der Waals surface area (Å²) in [6.45, 7) is 3.33. The van der Waals surface area contributed by atoms with Gasteiger partial charge in [0.1, 0.15) is 6.61 Å². The first-order valence-electron chi connectivity index (χ1n) is 10.1. The molecule has 0 aromatic heterocycles. The molecule has 2 aromatic carbocycles. The van der Waals surface area contributed by atoms with E-state index in [1.165, 1.54) is 0 Å². The van der Waals surface area contributed by atoms with Crippen LogP contribution in [-0.4, -0.2) is 49.5 Å². The maximum atomic E-state index is 12.3. The highest BCUT2D eigenvalue weighted by Crippen LogP contribution is 2.22. The van der Waals surface area contributed by atoms with Gasteiger partial charge in [-0.3, -0.25) is 0 Å². The Morgan fingerprint density at radius 3 is 2.09 bits per heavy atom. The molecule has 0 fully saturated rings. The molecule has 2 amide bonds. The molecular formula is C23H29N3O6. The summed E-state index contributed by atoms with van der Waals surface area (Å²) in [5.74, 6) is -1.34. The van der Waals surface area contributed by atoms with E-state index in [9.17, 15) is 19.5 Å². The predicted octanol–water partition coefficient (Wildman–Crippen LogP) is 3.31. The van der Waals surface area contributed by atoms with Crippen LogP contribution < -0.4 is 15.5 Å². The number of carboxylic acids is 1. The first kappa shape index (κ1) is 24.5. The van der Waals surface area contributed by atoms with Crippen LogP contribution in [0.4, 0.5) is 15.3 Å². The van der Waals surface area contributed by atoms with E-state index in [1.807, 2.05) is 25.1 Å². The van der Waals surface area contributed by atoms with E-state index in [1.54, 1.807) is 62.4 Å². The molecule has 2 unspecified atom stereocenters. The van der Waals surface area contributed by atoms with Crippen molar-refractivity contribution in [2.24, 2.45) is 0 Å². The number of amides is 2. The third kappa shape index (κ3) is 7.50. The lowest BCUT2D eigenvalue weighted by Crippen LogP contribution is -2.51. The molecule has 2 rings (SSSR count). The molecule has 0 aliphatic rings. The van der Waals surface area contributed by atoms with Gasteiger partial charge in [0.25, 0.3) is 0 Å². The molecule has 0 saturated heterocycles. The van der Waals surface area contributed by atoms with E-state index in [-0.39, 0.29) is 6.61 Å². The summed E-state index contributed by atoms with van der Waals surface area (Å²) in [6, 6.07) is 13.3. The van der Waals surface area contributed by atoms with E-state index in [0.29, 0.717) is 5.56 Å². The average molecular weight is 444 g/mol. The Hall–Kier alpha value is -3.75. The number of hydrogen-bond donors (Lipinski definition) is 3. The smallest absolute Gasteiger partial charge is 0.408 e. The number of rotatable bonds is 9. The highest BCUT2D eigenvalue weighted by Gasteiger charge is 2.33. The number of alkyl carbamates (subject to hydrolysis) is 2. The normalized spacial score (nSPS) is 12.4. The fraction of sp³-hybridized carbons (Fsp3) is 0.348. The van der Waals surface area contributed by atoms with Gasteiger partial charge in [-0.2, -0.15) is 0 Å². The molecule has 2 aromatic rings. The largest absolute Gasteiger partial charge is 0.480 e. The van der Waals surface area contributed by atoms with Crippen molar-refractivity contribution in [3.8, 4) is 0 Å². The first-order chi connectivity index (χ1) is 15.2. The lowest BCUT2D eigenvalue weighted by atomic mass is 9.99. The van der Waals surface area contributed by atoms with Crippen LogP contribution in [0.3, 0.4) is 0 Å². The quantitative estimate of drug-likeness (QED) is 0.544. The molecule has 0 aliphatic heterocycles. The number of aliphatic carboxylic acids is 1. The second-order valence-electron chi connectivity index (χ2n) is 7.58. The van der Waals surface area contributed by atoms with Gasteiger partial charge in [0.2, 0.25) is 0 Å². The second-order valence-corrected chi connectivity index (χ2v) is 7.58. The van der Waals surface area contributed by atoms with Crippen molar-refractivity contribution in [2.75, 3.05) is 19.0 Å². The number of nitrogens with one attached hydrogen (secondary N) is 2. The first-order valence-corrected chi connectivity index (χ1v) is 10.1. The minimum absolute atomic E-state index is 0.0238. The summed E-state index contributed by atoms with van der Waals surface area (Å²) in [5.41, 5.74) is 2.12. The van der Waals surface area contributed by atoms with Gasteiger partial charge in [0, 0.05) is 19.8 Å². The Kier molecular flexibility index (Phi) is 8.88. The summed E-state index contributed by atoms with van der Waals surface area (Å²) in [6.07, 6.45) is -2.12. The zero-order chi connectivity index (χ0) is 23.7. The Balaban J connectivity index is 2.22. The number of hydrogen-bond acceptors (Lipinski definition) is 6. The van der Waals surface area contributed by atoms with E-state index in [0.717, 1.165) is 11.3 Å². The highest BCUT2D eigenvalue weighted by atomic mass is 16.6. The van der Waals surface area contributed by atoms with Crippen LogP contribution in [0.2, 0.25) is 0 Å². The molecule has 0 spiro atoms. The van der Waals surface area contributed by atoms with E-state index < -0.39 is 36.3 Å². The number of carbonyl (C=O) groups is 3. The molecule has 0 saturated carbocycles. The van der Waals surface area contributed by atoms with Crippen molar-refractivity contribution < 1.29 is 29.0 Å². The molecule has 9 nitrogen and oxygen atoms in total. The third-order valence-corrected chi connectivity index (χ3v) is 4.47. The van der Waals surface area contributed by atoms with Gasteiger partial charge in [-0.25, -0.2) is 14.4 Å². The zero-order valence-corrected chi connectivity index (χ0v) is 18.6. The Labute approximate surface area is 187 Å². The predicted molar refractivity (Wildman–Crippen MR) is 119 cm³/mol. The lowest BCUT2D eigenvalue weighted by molar-refractivity contribution is -0.140. The minimum Gasteiger partial charge on any atom is -0.480 e. The van der Waals surface area contributed by atoms with Gasteiger partial charge in [-0.05, 0) is 37.1 Å². The zero-order valence-electron chi connectivity index (χ0n) is 18.6. The number of benzene rings is 2. The van der Waals surface area contributed by atoms with Crippen molar-refractivity contribution in [1.29, 1.82) is 0 Å². The topological polar surface area (TPSA) is 117 Å². The van der Waals surface area contributed by atoms with Crippen molar-refractivity contribution in [3.63, 3.8) is 0 Å². The maximum Gasteiger partial charge on any atom is 0.408 e. The van der Waals surface area contributed by atoms with Gasteiger partial charge >= 0.3 is 18.2 Å². The Bertz CT molecular complexity index is 900. The monoisotopic (exact) mass is 443 g/mol. The summed E-state index contributed by atoms with van der Waals surface area (Å²) >= 11 is 0. The summed E-state index contributed by atoms with van der Waals surface area (Å²) in [5, 5.41) is 14.7. The molecule has 0 heterocycles. The van der Waals surface area contributed by atoms with E-state index in [4.69, 9.17) is 9.47 Å². The van der Waals surface area contributed by atoms with Crippen molar-refractivity contribution in [3.05, 3.63) is 65.7 Å². The Morgan fingerprint density at radius 2 is 1.56 bits per heavy atom. The minimum atomic E-state index is -1.50. The van der Waals surface area contributed by atoms with Gasteiger partial charge in [0.05, 0.1) is 12.1 Å². The van der Waals surface area contributed by atoms with Crippen LogP contribution >= 0.6 is 0 Å². The van der Waals surface area contributed by atoms with Crippen molar-refractivity contribution in [1.82, 2.24) is 10.6 Å². The molecule has 0 aliphatic carbocycles. The van der Waals surface area contributed by atoms with Gasteiger partial charge < -0.3 is 30.1 Å². The summed E-state index contributed by atoms with van der Waals surface area (Å²) in [4.78, 5) is 38.5. The number of ether oxygens (including phenoxy) is 2. The molecule has 0 radical (unpaired) electrons. The van der Waals surface area contributed by atoms with Crippen molar-refractivity contribution >= 4 is 23.8 Å². The number of carboxylic acid groups (broad SMARTS) is 1. The van der Waals surface area contributed by atoms with Crippen LogP contribution in [0.5, 0.6) is 0 Å². The van der Waals surface area contributed by atoms with Crippen LogP contribution in [0, 0.1) is 0 Å². The average Bonchev–Trinajstić information content (AvgIpc) is 2.74. The molecule has 32 heavy (non-hydrogen) atoms. The molecule has 0 bridgehead atoms. The Morgan fingerprint density at radius 1 is 0.938 bits per heavy atom. The van der Waals surface area contributed by atoms with Gasteiger partial charge in [0.15, 0.2) is 6.04 Å².